The smallest absolute Gasteiger partial charge is 0.416 e. The molecular weight excluding hydrogens is 285 g/mol. The van der Waals surface area contributed by atoms with E-state index in [-0.39, 0.29) is 24.6 Å². The summed E-state index contributed by atoms with van der Waals surface area (Å²) in [6.45, 7) is 0.187. The molecule has 0 aliphatic carbocycles. The van der Waals surface area contributed by atoms with Crippen molar-refractivity contribution in [3.05, 3.63) is 42.0 Å². The first kappa shape index (κ1) is 15.6. The number of epoxide rings is 1. The van der Waals surface area contributed by atoms with Gasteiger partial charge in [0.2, 0.25) is 0 Å². The quantitative estimate of drug-likeness (QED) is 0.440. The highest BCUT2D eigenvalue weighted by atomic mass is 19.4. The summed E-state index contributed by atoms with van der Waals surface area (Å²) in [7, 11) is 0. The SMILES string of the molecule is O=CC[C@H]1O[C@H]1CC=CCOc1cccc(C(F)(F)F)c1. The lowest BCUT2D eigenvalue weighted by atomic mass is 10.2. The van der Waals surface area contributed by atoms with Gasteiger partial charge in [-0.1, -0.05) is 18.2 Å². The maximum absolute atomic E-state index is 12.5. The molecule has 0 spiro atoms. The number of ether oxygens (including phenoxy) is 2. The summed E-state index contributed by atoms with van der Waals surface area (Å²) in [6.07, 6.45) is 1.17. The second-order valence-corrected chi connectivity index (χ2v) is 4.66. The van der Waals surface area contributed by atoms with Crippen LogP contribution in [-0.2, 0) is 15.7 Å². The standard InChI is InChI=1S/C15H15F3O3/c16-15(17,18)11-4-3-5-12(10-11)20-9-2-1-6-13-14(21-13)7-8-19/h1-5,8,10,13-14H,6-7,9H2/t13-,14+/m0/s1. The first-order chi connectivity index (χ1) is 10.0. The first-order valence-electron chi connectivity index (χ1n) is 6.55. The summed E-state index contributed by atoms with van der Waals surface area (Å²) in [4.78, 5) is 10.2. The van der Waals surface area contributed by atoms with Crippen LogP contribution in [0, 0.1) is 0 Å². The van der Waals surface area contributed by atoms with Crippen molar-refractivity contribution in [1.29, 1.82) is 0 Å². The van der Waals surface area contributed by atoms with Gasteiger partial charge in [0.25, 0.3) is 0 Å². The number of rotatable bonds is 7. The van der Waals surface area contributed by atoms with Crippen molar-refractivity contribution >= 4 is 6.29 Å². The van der Waals surface area contributed by atoms with Gasteiger partial charge in [-0.05, 0) is 24.6 Å². The molecule has 0 radical (unpaired) electrons. The minimum absolute atomic E-state index is 0.0107. The topological polar surface area (TPSA) is 38.8 Å². The number of hydrogen-bond donors (Lipinski definition) is 0. The number of carbonyl (C=O) groups excluding carboxylic acids is 1. The maximum Gasteiger partial charge on any atom is 0.416 e. The zero-order valence-corrected chi connectivity index (χ0v) is 11.2. The number of halogens is 3. The summed E-state index contributed by atoms with van der Waals surface area (Å²) in [5.41, 5.74) is -0.730. The molecule has 0 saturated carbocycles. The van der Waals surface area contributed by atoms with Gasteiger partial charge in [0.15, 0.2) is 0 Å². The predicted molar refractivity (Wildman–Crippen MR) is 70.0 cm³/mol. The highest BCUT2D eigenvalue weighted by molar-refractivity contribution is 5.51. The first-order valence-corrected chi connectivity index (χ1v) is 6.55. The number of aldehydes is 1. The van der Waals surface area contributed by atoms with Gasteiger partial charge < -0.3 is 14.3 Å². The van der Waals surface area contributed by atoms with Crippen LogP contribution in [0.3, 0.4) is 0 Å². The molecule has 1 aliphatic heterocycles. The van der Waals surface area contributed by atoms with E-state index in [1.807, 2.05) is 6.08 Å². The Morgan fingerprint density at radius 1 is 1.19 bits per heavy atom. The van der Waals surface area contributed by atoms with Gasteiger partial charge in [0.1, 0.15) is 18.6 Å². The van der Waals surface area contributed by atoms with Crippen LogP contribution in [-0.4, -0.2) is 25.1 Å². The highest BCUT2D eigenvalue weighted by Crippen LogP contribution is 2.31. The largest absolute Gasteiger partial charge is 0.490 e. The number of alkyl halides is 3. The minimum atomic E-state index is -4.37. The second-order valence-electron chi connectivity index (χ2n) is 4.66. The summed E-state index contributed by atoms with van der Waals surface area (Å²) in [5, 5.41) is 0. The lowest BCUT2D eigenvalue weighted by molar-refractivity contribution is -0.137. The molecule has 6 heteroatoms. The van der Waals surface area contributed by atoms with Gasteiger partial charge in [0.05, 0.1) is 17.8 Å². The fourth-order valence-corrected chi connectivity index (χ4v) is 1.89. The van der Waals surface area contributed by atoms with E-state index >= 15 is 0 Å². The average Bonchev–Trinajstić information content (AvgIpc) is 3.16. The van der Waals surface area contributed by atoms with E-state index < -0.39 is 11.7 Å². The Hall–Kier alpha value is -1.82. The Morgan fingerprint density at radius 2 is 1.95 bits per heavy atom. The molecule has 0 unspecified atom stereocenters. The Bertz CT molecular complexity index is 511. The van der Waals surface area contributed by atoms with E-state index in [9.17, 15) is 18.0 Å². The molecule has 21 heavy (non-hydrogen) atoms. The molecule has 0 aromatic heterocycles. The molecule has 1 fully saturated rings. The third-order valence-electron chi connectivity index (χ3n) is 3.06. The van der Waals surface area contributed by atoms with E-state index in [1.165, 1.54) is 12.1 Å². The van der Waals surface area contributed by atoms with Crippen molar-refractivity contribution in [2.75, 3.05) is 6.61 Å². The second kappa shape index (κ2) is 6.76. The van der Waals surface area contributed by atoms with E-state index in [0.29, 0.717) is 12.8 Å². The molecule has 2 rings (SSSR count). The summed E-state index contributed by atoms with van der Waals surface area (Å²) in [5.74, 6) is 0.177. The Labute approximate surface area is 120 Å². The molecule has 0 bridgehead atoms. The molecule has 1 saturated heterocycles. The van der Waals surface area contributed by atoms with Crippen molar-refractivity contribution in [2.45, 2.75) is 31.2 Å². The number of hydrogen-bond acceptors (Lipinski definition) is 3. The fraction of sp³-hybridized carbons (Fsp3) is 0.400. The summed E-state index contributed by atoms with van der Waals surface area (Å²) < 4.78 is 48.0. The van der Waals surface area contributed by atoms with E-state index in [4.69, 9.17) is 9.47 Å². The van der Waals surface area contributed by atoms with Crippen LogP contribution in [0.4, 0.5) is 13.2 Å². The maximum atomic E-state index is 12.5. The van der Waals surface area contributed by atoms with Crippen LogP contribution in [0.25, 0.3) is 0 Å². The van der Waals surface area contributed by atoms with Gasteiger partial charge in [0, 0.05) is 6.42 Å². The summed E-state index contributed by atoms with van der Waals surface area (Å²) in [6, 6.07) is 4.76. The highest BCUT2D eigenvalue weighted by Gasteiger charge is 2.36. The van der Waals surface area contributed by atoms with E-state index in [2.05, 4.69) is 0 Å². The Kier molecular flexibility index (Phi) is 5.01. The van der Waals surface area contributed by atoms with Crippen molar-refractivity contribution in [2.24, 2.45) is 0 Å². The predicted octanol–water partition coefficient (Wildman–Crippen LogP) is 3.39. The van der Waals surface area contributed by atoms with Crippen LogP contribution < -0.4 is 4.74 Å². The normalized spacial score (nSPS) is 21.5. The molecule has 0 amide bonds. The zero-order chi connectivity index (χ0) is 15.3. The van der Waals surface area contributed by atoms with Gasteiger partial charge >= 0.3 is 6.18 Å². The van der Waals surface area contributed by atoms with Crippen molar-refractivity contribution in [1.82, 2.24) is 0 Å². The molecule has 1 aliphatic rings. The molecular formula is C15H15F3O3. The summed E-state index contributed by atoms with van der Waals surface area (Å²) >= 11 is 0. The molecule has 1 aromatic rings. The molecule has 1 aromatic carbocycles. The van der Waals surface area contributed by atoms with Crippen LogP contribution in [0.15, 0.2) is 36.4 Å². The van der Waals surface area contributed by atoms with Gasteiger partial charge in [-0.2, -0.15) is 13.2 Å². The monoisotopic (exact) mass is 300 g/mol. The van der Waals surface area contributed by atoms with Crippen molar-refractivity contribution in [3.8, 4) is 5.75 Å². The average molecular weight is 300 g/mol. The van der Waals surface area contributed by atoms with Gasteiger partial charge in [-0.15, -0.1) is 0 Å². The van der Waals surface area contributed by atoms with Crippen LogP contribution >= 0.6 is 0 Å². The van der Waals surface area contributed by atoms with Crippen LogP contribution in [0.5, 0.6) is 5.75 Å². The van der Waals surface area contributed by atoms with Gasteiger partial charge in [-0.3, -0.25) is 0 Å². The Balaban J connectivity index is 1.72. The lowest BCUT2D eigenvalue weighted by Gasteiger charge is -2.08. The third kappa shape index (κ3) is 4.90. The third-order valence-corrected chi connectivity index (χ3v) is 3.06. The van der Waals surface area contributed by atoms with E-state index in [0.717, 1.165) is 18.4 Å². The number of benzene rings is 1. The van der Waals surface area contributed by atoms with Crippen molar-refractivity contribution < 1.29 is 27.4 Å². The Morgan fingerprint density at radius 3 is 2.67 bits per heavy atom. The van der Waals surface area contributed by atoms with Crippen LogP contribution in [0.2, 0.25) is 0 Å². The van der Waals surface area contributed by atoms with Crippen molar-refractivity contribution in [3.63, 3.8) is 0 Å². The van der Waals surface area contributed by atoms with E-state index in [1.54, 1.807) is 6.08 Å². The van der Waals surface area contributed by atoms with Crippen LogP contribution in [0.1, 0.15) is 18.4 Å². The molecule has 114 valence electrons. The molecule has 1 heterocycles. The van der Waals surface area contributed by atoms with Gasteiger partial charge in [-0.25, -0.2) is 0 Å². The molecule has 3 nitrogen and oxygen atoms in total. The fourth-order valence-electron chi connectivity index (χ4n) is 1.89. The molecule has 0 N–H and O–H groups in total. The minimum Gasteiger partial charge on any atom is -0.490 e. The zero-order valence-electron chi connectivity index (χ0n) is 11.2. The molecule has 2 atom stereocenters. The lowest BCUT2D eigenvalue weighted by Crippen LogP contribution is -2.05. The number of carbonyl (C=O) groups is 1.